The number of sulfone groups is 1. The van der Waals surface area contributed by atoms with Crippen molar-refractivity contribution in [3.8, 4) is 28.7 Å². The Morgan fingerprint density at radius 1 is 0.778 bits per heavy atom. The lowest BCUT2D eigenvalue weighted by atomic mass is 10.0. The van der Waals surface area contributed by atoms with E-state index in [-0.39, 0.29) is 22.9 Å². The molecule has 1 aliphatic rings. The van der Waals surface area contributed by atoms with Crippen molar-refractivity contribution in [2.75, 3.05) is 39.8 Å². The summed E-state index contributed by atoms with van der Waals surface area (Å²) in [6, 6.07) is 7.33. The van der Waals surface area contributed by atoms with Gasteiger partial charge in [-0.3, -0.25) is 0 Å². The van der Waals surface area contributed by atoms with E-state index < -0.39 is 9.84 Å². The lowest BCUT2D eigenvalue weighted by Gasteiger charge is -2.21. The maximum absolute atomic E-state index is 12.6. The summed E-state index contributed by atoms with van der Waals surface area (Å²) in [4.78, 5) is 0.107. The van der Waals surface area contributed by atoms with Crippen molar-refractivity contribution < 1.29 is 36.8 Å². The van der Waals surface area contributed by atoms with Gasteiger partial charge in [-0.2, -0.15) is 0 Å². The van der Waals surface area contributed by atoms with E-state index in [1.54, 1.807) is 6.07 Å². The first kappa shape index (κ1) is 27.9. The van der Waals surface area contributed by atoms with E-state index in [0.717, 1.165) is 24.0 Å². The largest absolute Gasteiger partial charge is 0.493 e. The number of rotatable bonds is 13. The second-order valence-electron chi connectivity index (χ2n) is 8.51. The fraction of sp³-hybridized carbons (Fsp3) is 0.556. The van der Waals surface area contributed by atoms with E-state index in [4.69, 9.17) is 28.4 Å². The van der Waals surface area contributed by atoms with Crippen LogP contribution in [0, 0.1) is 0 Å². The Bertz CT molecular complexity index is 1100. The summed E-state index contributed by atoms with van der Waals surface area (Å²) in [5.41, 5.74) is 1.66. The fourth-order valence-corrected chi connectivity index (χ4v) is 5.13. The smallest absolute Gasteiger partial charge is 0.203 e. The van der Waals surface area contributed by atoms with Crippen LogP contribution in [0.2, 0.25) is 0 Å². The molecule has 0 spiro atoms. The Hall–Kier alpha value is -2.65. The van der Waals surface area contributed by atoms with Crippen molar-refractivity contribution in [1.82, 2.24) is 0 Å². The Morgan fingerprint density at radius 3 is 1.78 bits per heavy atom. The third-order valence-electron chi connectivity index (χ3n) is 5.81. The van der Waals surface area contributed by atoms with Crippen LogP contribution in [-0.4, -0.2) is 48.2 Å². The third-order valence-corrected chi connectivity index (χ3v) is 6.91. The summed E-state index contributed by atoms with van der Waals surface area (Å²) in [6.45, 7) is 9.58. The minimum absolute atomic E-state index is 0.107. The molecule has 0 amide bonds. The molecule has 1 heterocycles. The van der Waals surface area contributed by atoms with Gasteiger partial charge >= 0.3 is 0 Å². The molecule has 2 atom stereocenters. The first-order valence-electron chi connectivity index (χ1n) is 12.5. The standard InChI is InChI=1S/C27H38O8S/c1-7-13-34-27-22(30-5)14-19(17-25(27)36(6,28)29)21-12-11-20(35-21)18-15-23(31-8-2)26(33-10-4)24(16-18)32-9-3/h14-17,20-21H,7-13H2,1-6H3/t20-,21-/m0/s1. The Morgan fingerprint density at radius 2 is 1.31 bits per heavy atom. The van der Waals surface area contributed by atoms with Crippen LogP contribution in [0.1, 0.15) is 70.3 Å². The average molecular weight is 523 g/mol. The van der Waals surface area contributed by atoms with Gasteiger partial charge in [-0.25, -0.2) is 8.42 Å². The predicted octanol–water partition coefficient (Wildman–Crippen LogP) is 5.68. The van der Waals surface area contributed by atoms with Crippen LogP contribution in [0.4, 0.5) is 0 Å². The summed E-state index contributed by atoms with van der Waals surface area (Å²) < 4.78 is 60.5. The van der Waals surface area contributed by atoms with E-state index in [0.29, 0.717) is 55.8 Å². The molecule has 9 heteroatoms. The molecule has 8 nitrogen and oxygen atoms in total. The minimum atomic E-state index is -3.56. The zero-order valence-corrected chi connectivity index (χ0v) is 22.9. The van der Waals surface area contributed by atoms with Crippen LogP contribution < -0.4 is 23.7 Å². The van der Waals surface area contributed by atoms with Gasteiger partial charge in [0.05, 0.1) is 45.7 Å². The zero-order valence-electron chi connectivity index (χ0n) is 22.1. The normalized spacial score (nSPS) is 17.6. The highest BCUT2D eigenvalue weighted by Gasteiger charge is 2.32. The topological polar surface area (TPSA) is 89.5 Å². The van der Waals surface area contributed by atoms with Crippen LogP contribution in [0.15, 0.2) is 29.2 Å². The van der Waals surface area contributed by atoms with Gasteiger partial charge in [0.15, 0.2) is 32.8 Å². The predicted molar refractivity (Wildman–Crippen MR) is 138 cm³/mol. The summed E-state index contributed by atoms with van der Waals surface area (Å²) in [6.07, 6.45) is 2.87. The highest BCUT2D eigenvalue weighted by molar-refractivity contribution is 7.90. The number of methoxy groups -OCH3 is 1. The van der Waals surface area contributed by atoms with E-state index >= 15 is 0 Å². The lowest BCUT2D eigenvalue weighted by molar-refractivity contribution is 0.0434. The van der Waals surface area contributed by atoms with Crippen molar-refractivity contribution in [1.29, 1.82) is 0 Å². The second-order valence-corrected chi connectivity index (χ2v) is 10.5. The number of hydrogen-bond donors (Lipinski definition) is 0. The molecule has 0 aromatic heterocycles. The quantitative estimate of drug-likeness (QED) is 0.332. The van der Waals surface area contributed by atoms with Gasteiger partial charge in [-0.05, 0) is 75.4 Å². The monoisotopic (exact) mass is 522 g/mol. The molecule has 3 rings (SSSR count). The molecular weight excluding hydrogens is 484 g/mol. The van der Waals surface area contributed by atoms with Gasteiger partial charge in [0.1, 0.15) is 4.90 Å². The van der Waals surface area contributed by atoms with Gasteiger partial charge in [-0.1, -0.05) is 6.92 Å². The molecule has 0 N–H and O–H groups in total. The summed E-state index contributed by atoms with van der Waals surface area (Å²) in [5, 5.41) is 0. The summed E-state index contributed by atoms with van der Waals surface area (Å²) >= 11 is 0. The number of benzene rings is 2. The van der Waals surface area contributed by atoms with Crippen molar-refractivity contribution in [3.63, 3.8) is 0 Å². The molecule has 1 saturated heterocycles. The molecule has 36 heavy (non-hydrogen) atoms. The van der Waals surface area contributed by atoms with Crippen LogP contribution >= 0.6 is 0 Å². The molecule has 0 saturated carbocycles. The SMILES string of the molecule is CCCOc1c(OC)cc([C@@H]2CC[C@@H](c3cc(OCC)c(OCC)c(OCC)c3)O2)cc1S(C)(=O)=O. The fourth-order valence-electron chi connectivity index (χ4n) is 4.28. The molecule has 1 fully saturated rings. The minimum Gasteiger partial charge on any atom is -0.493 e. The molecule has 0 radical (unpaired) electrons. The molecule has 2 aromatic rings. The summed E-state index contributed by atoms with van der Waals surface area (Å²) in [5.74, 6) is 2.45. The van der Waals surface area contributed by atoms with Crippen LogP contribution in [0.5, 0.6) is 28.7 Å². The van der Waals surface area contributed by atoms with Crippen molar-refractivity contribution >= 4 is 9.84 Å². The van der Waals surface area contributed by atoms with Crippen LogP contribution in [0.25, 0.3) is 0 Å². The Labute approximate surface area is 214 Å². The first-order chi connectivity index (χ1) is 17.3. The highest BCUT2D eigenvalue weighted by Crippen LogP contribution is 2.48. The van der Waals surface area contributed by atoms with Crippen molar-refractivity contribution in [2.45, 2.75) is 64.1 Å². The molecule has 200 valence electrons. The molecule has 0 aliphatic carbocycles. The Balaban J connectivity index is 1.96. The van der Waals surface area contributed by atoms with Gasteiger partial charge in [0.25, 0.3) is 0 Å². The highest BCUT2D eigenvalue weighted by atomic mass is 32.2. The van der Waals surface area contributed by atoms with E-state index in [2.05, 4.69) is 0 Å². The van der Waals surface area contributed by atoms with Crippen LogP contribution in [-0.2, 0) is 14.6 Å². The van der Waals surface area contributed by atoms with Gasteiger partial charge in [-0.15, -0.1) is 0 Å². The van der Waals surface area contributed by atoms with Gasteiger partial charge in [0, 0.05) is 6.26 Å². The van der Waals surface area contributed by atoms with E-state index in [1.165, 1.54) is 13.4 Å². The van der Waals surface area contributed by atoms with Crippen molar-refractivity contribution in [2.24, 2.45) is 0 Å². The van der Waals surface area contributed by atoms with Gasteiger partial charge in [0.2, 0.25) is 5.75 Å². The second kappa shape index (κ2) is 12.5. The first-order valence-corrected chi connectivity index (χ1v) is 14.4. The third kappa shape index (κ3) is 6.37. The number of hydrogen-bond acceptors (Lipinski definition) is 8. The maximum atomic E-state index is 12.6. The van der Waals surface area contributed by atoms with E-state index in [9.17, 15) is 8.42 Å². The Kier molecular flexibility index (Phi) is 9.73. The molecule has 0 bridgehead atoms. The maximum Gasteiger partial charge on any atom is 0.203 e. The average Bonchev–Trinajstić information content (AvgIpc) is 3.34. The number of ether oxygens (including phenoxy) is 6. The molecule has 0 unspecified atom stereocenters. The van der Waals surface area contributed by atoms with Crippen molar-refractivity contribution in [3.05, 3.63) is 35.4 Å². The van der Waals surface area contributed by atoms with Gasteiger partial charge < -0.3 is 28.4 Å². The van der Waals surface area contributed by atoms with Crippen LogP contribution in [0.3, 0.4) is 0 Å². The zero-order chi connectivity index (χ0) is 26.3. The lowest BCUT2D eigenvalue weighted by Crippen LogP contribution is -2.09. The molecule has 2 aromatic carbocycles. The van der Waals surface area contributed by atoms with E-state index in [1.807, 2.05) is 45.9 Å². The molecule has 1 aliphatic heterocycles. The summed E-state index contributed by atoms with van der Waals surface area (Å²) in [7, 11) is -2.05. The molecular formula is C27H38O8S.